The highest BCUT2D eigenvalue weighted by molar-refractivity contribution is 5.86. The second-order valence-corrected chi connectivity index (χ2v) is 6.47. The lowest BCUT2D eigenvalue weighted by Crippen LogP contribution is -2.64. The van der Waals surface area contributed by atoms with E-state index in [4.69, 9.17) is 0 Å². The zero-order chi connectivity index (χ0) is 14.9. The van der Waals surface area contributed by atoms with Crippen molar-refractivity contribution in [1.82, 2.24) is 4.90 Å². The summed E-state index contributed by atoms with van der Waals surface area (Å²) in [5.41, 5.74) is -0.744. The predicted molar refractivity (Wildman–Crippen MR) is 74.1 cm³/mol. The van der Waals surface area contributed by atoms with E-state index in [1.165, 1.54) is 0 Å². The number of carboxylic acid groups (broad SMARTS) is 1. The normalized spacial score (nSPS) is 31.9. The van der Waals surface area contributed by atoms with Gasteiger partial charge in [-0.3, -0.25) is 9.59 Å². The summed E-state index contributed by atoms with van der Waals surface area (Å²) in [6.07, 6.45) is 3.79. The Kier molecular flexibility index (Phi) is 4.37. The Morgan fingerprint density at radius 2 is 1.80 bits per heavy atom. The summed E-state index contributed by atoms with van der Waals surface area (Å²) >= 11 is 0. The first-order valence-electron chi connectivity index (χ1n) is 7.64. The predicted octanol–water partition coefficient (Wildman–Crippen LogP) is 1.50. The maximum atomic E-state index is 12.4. The third-order valence-corrected chi connectivity index (χ3v) is 4.87. The first-order chi connectivity index (χ1) is 9.40. The molecule has 1 aliphatic heterocycles. The van der Waals surface area contributed by atoms with Crippen LogP contribution in [0.1, 0.15) is 46.0 Å². The molecule has 1 amide bonds. The van der Waals surface area contributed by atoms with E-state index in [0.717, 1.165) is 12.8 Å². The summed E-state index contributed by atoms with van der Waals surface area (Å²) in [5.74, 6) is -1.55. The van der Waals surface area contributed by atoms with E-state index in [-0.39, 0.29) is 5.91 Å². The smallest absolute Gasteiger partial charge is 0.307 e. The number of hydrogen-bond acceptors (Lipinski definition) is 3. The van der Waals surface area contributed by atoms with Gasteiger partial charge in [0.15, 0.2) is 0 Å². The van der Waals surface area contributed by atoms with Gasteiger partial charge < -0.3 is 15.1 Å². The fourth-order valence-corrected chi connectivity index (χ4v) is 3.70. The number of rotatable bonds is 5. The van der Waals surface area contributed by atoms with E-state index in [1.807, 2.05) is 13.8 Å². The summed E-state index contributed by atoms with van der Waals surface area (Å²) in [6.45, 7) is 4.77. The summed E-state index contributed by atoms with van der Waals surface area (Å²) in [4.78, 5) is 25.4. The van der Waals surface area contributed by atoms with Gasteiger partial charge >= 0.3 is 5.97 Å². The minimum absolute atomic E-state index is 0.0749. The Morgan fingerprint density at radius 3 is 2.30 bits per heavy atom. The average Bonchev–Trinajstić information content (AvgIpc) is 2.79. The molecule has 0 radical (unpaired) electrons. The molecule has 1 heterocycles. The summed E-state index contributed by atoms with van der Waals surface area (Å²) < 4.78 is 0. The number of aliphatic carboxylic acids is 1. The summed E-state index contributed by atoms with van der Waals surface area (Å²) in [5, 5.41) is 19.4. The fraction of sp³-hybridized carbons (Fsp3) is 0.867. The molecule has 2 fully saturated rings. The Balaban J connectivity index is 1.97. The fourth-order valence-electron chi connectivity index (χ4n) is 3.70. The van der Waals surface area contributed by atoms with Gasteiger partial charge in [0, 0.05) is 0 Å². The molecule has 20 heavy (non-hydrogen) atoms. The minimum atomic E-state index is -0.858. The lowest BCUT2D eigenvalue weighted by Gasteiger charge is -2.47. The molecule has 0 aromatic carbocycles. The number of carboxylic acids is 1. The van der Waals surface area contributed by atoms with Crippen molar-refractivity contribution in [2.45, 2.75) is 51.6 Å². The SMILES string of the molecule is CCCC1(O)CN(C(=O)[C@H]2CC(CC)C[C@H]2C(=O)O)C1. The lowest BCUT2D eigenvalue weighted by atomic mass is 9.86. The van der Waals surface area contributed by atoms with Gasteiger partial charge in [0.1, 0.15) is 0 Å². The molecule has 3 atom stereocenters. The van der Waals surface area contributed by atoms with Crippen molar-refractivity contribution in [3.63, 3.8) is 0 Å². The number of aliphatic hydroxyl groups is 1. The number of carbonyl (C=O) groups is 2. The van der Waals surface area contributed by atoms with Crippen LogP contribution >= 0.6 is 0 Å². The number of hydrogen-bond donors (Lipinski definition) is 2. The number of likely N-dealkylation sites (tertiary alicyclic amines) is 1. The van der Waals surface area contributed by atoms with Crippen molar-refractivity contribution >= 4 is 11.9 Å². The maximum Gasteiger partial charge on any atom is 0.307 e. The molecule has 1 saturated carbocycles. The zero-order valence-corrected chi connectivity index (χ0v) is 12.3. The van der Waals surface area contributed by atoms with Crippen molar-refractivity contribution in [1.29, 1.82) is 0 Å². The van der Waals surface area contributed by atoms with Crippen molar-refractivity contribution in [2.24, 2.45) is 17.8 Å². The van der Waals surface area contributed by atoms with Gasteiger partial charge in [0.2, 0.25) is 5.91 Å². The van der Waals surface area contributed by atoms with Crippen molar-refractivity contribution in [3.8, 4) is 0 Å². The van der Waals surface area contributed by atoms with E-state index in [0.29, 0.717) is 38.3 Å². The van der Waals surface area contributed by atoms with Crippen LogP contribution in [-0.4, -0.2) is 45.7 Å². The van der Waals surface area contributed by atoms with Crippen molar-refractivity contribution < 1.29 is 19.8 Å². The number of nitrogens with zero attached hydrogens (tertiary/aromatic N) is 1. The molecule has 0 bridgehead atoms. The van der Waals surface area contributed by atoms with Crippen molar-refractivity contribution in [3.05, 3.63) is 0 Å². The molecule has 2 aliphatic rings. The van der Waals surface area contributed by atoms with E-state index < -0.39 is 23.4 Å². The standard InChI is InChI=1S/C15H25NO4/c1-3-5-15(20)8-16(9-15)13(17)11-6-10(4-2)7-12(11)14(18)19/h10-12,20H,3-9H2,1-2H3,(H,18,19)/t10?,11-,12+/m0/s1. The average molecular weight is 283 g/mol. The van der Waals surface area contributed by atoms with Gasteiger partial charge in [-0.25, -0.2) is 0 Å². The van der Waals surface area contributed by atoms with Crippen LogP contribution in [0.2, 0.25) is 0 Å². The summed E-state index contributed by atoms with van der Waals surface area (Å²) in [7, 11) is 0. The third kappa shape index (κ3) is 2.82. The highest BCUT2D eigenvalue weighted by Crippen LogP contribution is 2.41. The monoisotopic (exact) mass is 283 g/mol. The molecule has 5 nitrogen and oxygen atoms in total. The molecule has 114 valence electrons. The second kappa shape index (κ2) is 5.72. The first kappa shape index (κ1) is 15.3. The van der Waals surface area contributed by atoms with Gasteiger partial charge in [-0.15, -0.1) is 0 Å². The third-order valence-electron chi connectivity index (χ3n) is 4.87. The van der Waals surface area contributed by atoms with Crippen LogP contribution in [0.15, 0.2) is 0 Å². The van der Waals surface area contributed by atoms with E-state index in [1.54, 1.807) is 4.90 Å². The van der Waals surface area contributed by atoms with Crippen LogP contribution in [-0.2, 0) is 9.59 Å². The molecule has 0 spiro atoms. The molecule has 2 rings (SSSR count). The molecule has 1 aliphatic carbocycles. The van der Waals surface area contributed by atoms with Crippen LogP contribution < -0.4 is 0 Å². The van der Waals surface area contributed by atoms with E-state index >= 15 is 0 Å². The molecule has 1 unspecified atom stereocenters. The molecule has 2 N–H and O–H groups in total. The highest BCUT2D eigenvalue weighted by Gasteiger charge is 2.49. The van der Waals surface area contributed by atoms with Crippen LogP contribution in [0.25, 0.3) is 0 Å². The van der Waals surface area contributed by atoms with Gasteiger partial charge in [-0.1, -0.05) is 26.7 Å². The molecule has 0 aromatic heterocycles. The highest BCUT2D eigenvalue weighted by atomic mass is 16.4. The van der Waals surface area contributed by atoms with Crippen LogP contribution in [0, 0.1) is 17.8 Å². The maximum absolute atomic E-state index is 12.4. The Bertz CT molecular complexity index is 389. The Morgan fingerprint density at radius 1 is 1.20 bits per heavy atom. The summed E-state index contributed by atoms with van der Waals surface area (Å²) in [6, 6.07) is 0. The number of carbonyl (C=O) groups excluding carboxylic acids is 1. The van der Waals surface area contributed by atoms with Gasteiger partial charge in [0.25, 0.3) is 0 Å². The van der Waals surface area contributed by atoms with E-state index in [2.05, 4.69) is 0 Å². The van der Waals surface area contributed by atoms with Crippen LogP contribution in [0.3, 0.4) is 0 Å². The van der Waals surface area contributed by atoms with Gasteiger partial charge in [-0.2, -0.15) is 0 Å². The van der Waals surface area contributed by atoms with Crippen LogP contribution in [0.5, 0.6) is 0 Å². The van der Waals surface area contributed by atoms with Gasteiger partial charge in [-0.05, 0) is 25.2 Å². The van der Waals surface area contributed by atoms with Crippen molar-refractivity contribution in [2.75, 3.05) is 13.1 Å². The molecule has 1 saturated heterocycles. The topological polar surface area (TPSA) is 77.8 Å². The lowest BCUT2D eigenvalue weighted by molar-refractivity contribution is -0.164. The molecular formula is C15H25NO4. The Labute approximate surface area is 120 Å². The van der Waals surface area contributed by atoms with Gasteiger partial charge in [0.05, 0.1) is 30.5 Å². The first-order valence-corrected chi connectivity index (χ1v) is 7.64. The minimum Gasteiger partial charge on any atom is -0.481 e. The molecule has 0 aromatic rings. The quantitative estimate of drug-likeness (QED) is 0.801. The largest absolute Gasteiger partial charge is 0.481 e. The Hall–Kier alpha value is -1.10. The second-order valence-electron chi connectivity index (χ2n) is 6.47. The number of amides is 1. The zero-order valence-electron chi connectivity index (χ0n) is 12.3. The van der Waals surface area contributed by atoms with E-state index in [9.17, 15) is 19.8 Å². The molecule has 5 heteroatoms. The molecular weight excluding hydrogens is 258 g/mol. The van der Waals surface area contributed by atoms with Crippen LogP contribution in [0.4, 0.5) is 0 Å². The number of β-amino-alcohol motifs (C(OH)–C–C–N with tert-alkyl or cyclic N) is 1.